The quantitative estimate of drug-likeness (QED) is 0.148. The normalized spacial score (nSPS) is 8.80. The van der Waals surface area contributed by atoms with Crippen molar-refractivity contribution in [1.29, 1.82) is 0 Å². The van der Waals surface area contributed by atoms with Gasteiger partial charge in [0.25, 0.3) is 10.3 Å². The third-order valence-corrected chi connectivity index (χ3v) is 1.41. The number of hydrogen-bond donors (Lipinski definition) is 4. The van der Waals surface area contributed by atoms with E-state index >= 15 is 0 Å². The van der Waals surface area contributed by atoms with Crippen LogP contribution in [-0.4, -0.2) is 40.4 Å². The van der Waals surface area contributed by atoms with E-state index in [4.69, 9.17) is 39.8 Å². The highest BCUT2D eigenvalue weighted by Crippen LogP contribution is 1.79. The highest BCUT2D eigenvalue weighted by Gasteiger charge is 1.80. The van der Waals surface area contributed by atoms with E-state index in [1.54, 1.807) is 0 Å². The van der Waals surface area contributed by atoms with Gasteiger partial charge >= 0.3 is 0 Å². The Bertz CT molecular complexity index is 256. The lowest BCUT2D eigenvalue weighted by atomic mass is 12.0. The van der Waals surface area contributed by atoms with E-state index < -0.39 is 10.4 Å². The zero-order valence-corrected chi connectivity index (χ0v) is 10.6. The van der Waals surface area contributed by atoms with Crippen LogP contribution in [-0.2, 0) is 10.4 Å². The van der Waals surface area contributed by atoms with Crippen molar-refractivity contribution in [2.45, 2.75) is 0 Å². The fourth-order valence-corrected chi connectivity index (χ4v) is 0. The number of amidine groups is 2. The average molecular weight is 282 g/mol. The van der Waals surface area contributed by atoms with Crippen LogP contribution < -0.4 is 22.3 Å². The Kier molecular flexibility index (Phi) is 15.4. The molecule has 0 saturated heterocycles. The molecule has 11 heteroatoms. The molecule has 0 aromatic rings. The molecule has 0 heterocycles. The molecule has 0 atom stereocenters. The summed E-state index contributed by atoms with van der Waals surface area (Å²) < 4.78 is 34.1. The molecular formula is C4H14N4O4S3. The molecule has 8 nitrogen and oxygen atoms in total. The zero-order chi connectivity index (χ0) is 13.1. The number of thioether (sulfide) groups is 2. The molecule has 0 aliphatic heterocycles. The second kappa shape index (κ2) is 11.6. The summed E-state index contributed by atoms with van der Waals surface area (Å²) in [5.74, 6) is 0. The smallest absolute Gasteiger partial charge is 0.299 e. The summed E-state index contributed by atoms with van der Waals surface area (Å²) in [7, 11) is -5.17. The SMILES string of the molecule is CS[14C](N)=[NH2+].CS[14C](N)=[NH2+].O=S(=O)([O-])[O-]. The predicted octanol–water partition coefficient (Wildman–Crippen LogP) is -4.49. The van der Waals surface area contributed by atoms with Crippen molar-refractivity contribution in [2.75, 3.05) is 12.5 Å². The maximum absolute atomic E-state index is 8.52. The second-order valence-electron chi connectivity index (χ2n) is 1.62. The van der Waals surface area contributed by atoms with Gasteiger partial charge in [-0.3, -0.25) is 30.7 Å². The van der Waals surface area contributed by atoms with Gasteiger partial charge in [-0.25, -0.2) is 0 Å². The summed E-state index contributed by atoms with van der Waals surface area (Å²) in [6.45, 7) is 0. The summed E-state index contributed by atoms with van der Waals surface area (Å²) in [4.78, 5) is 0. The van der Waals surface area contributed by atoms with Gasteiger partial charge in [0.2, 0.25) is 0 Å². The Morgan fingerprint density at radius 1 is 1.07 bits per heavy atom. The first-order valence-electron chi connectivity index (χ1n) is 3.05. The highest BCUT2D eigenvalue weighted by molar-refractivity contribution is 8.13. The van der Waals surface area contributed by atoms with Crippen LogP contribution >= 0.6 is 23.5 Å². The molecular weight excluding hydrogens is 268 g/mol. The first-order valence-corrected chi connectivity index (χ1v) is 6.83. The van der Waals surface area contributed by atoms with Crippen LogP contribution in [0.15, 0.2) is 0 Å². The number of rotatable bonds is 0. The summed E-state index contributed by atoms with van der Waals surface area (Å²) in [5, 5.41) is 10.7. The Labute approximate surface area is 96.8 Å². The fourth-order valence-electron chi connectivity index (χ4n) is 0. The van der Waals surface area contributed by atoms with Crippen LogP contribution in [0.25, 0.3) is 0 Å². The van der Waals surface area contributed by atoms with Crippen molar-refractivity contribution in [3.8, 4) is 0 Å². The molecule has 0 bridgehead atoms. The largest absolute Gasteiger partial charge is 0.759 e. The van der Waals surface area contributed by atoms with E-state index in [1.807, 2.05) is 12.5 Å². The van der Waals surface area contributed by atoms with Gasteiger partial charge < -0.3 is 9.11 Å². The fraction of sp³-hybridized carbons (Fsp3) is 0.500. The molecule has 0 rings (SSSR count). The third-order valence-electron chi connectivity index (χ3n) is 0.471. The predicted molar refractivity (Wildman–Crippen MR) is 59.7 cm³/mol. The minimum Gasteiger partial charge on any atom is -0.759 e. The van der Waals surface area contributed by atoms with E-state index in [1.165, 1.54) is 23.5 Å². The number of hydrogen-bond acceptors (Lipinski definition) is 6. The molecule has 0 unspecified atom stereocenters. The molecule has 0 spiro atoms. The maximum atomic E-state index is 8.52. The molecule has 0 amide bonds. The van der Waals surface area contributed by atoms with E-state index in [-0.39, 0.29) is 0 Å². The van der Waals surface area contributed by atoms with Gasteiger partial charge in [-0.05, 0) is 36.0 Å². The molecule has 0 aliphatic rings. The monoisotopic (exact) mass is 282 g/mol. The van der Waals surface area contributed by atoms with Gasteiger partial charge in [0.05, 0.1) is 0 Å². The first-order chi connectivity index (χ1) is 6.54. The van der Waals surface area contributed by atoms with Gasteiger partial charge in [0.1, 0.15) is 0 Å². The summed E-state index contributed by atoms with van der Waals surface area (Å²) in [5.41, 5.74) is 9.90. The lowest BCUT2D eigenvalue weighted by Gasteiger charge is -2.06. The Hall–Kier alpha value is -0.490. The van der Waals surface area contributed by atoms with Crippen LogP contribution in [0.1, 0.15) is 0 Å². The average Bonchev–Trinajstić information content (AvgIpc) is 2.02. The molecule has 8 N–H and O–H groups in total. The van der Waals surface area contributed by atoms with E-state index in [0.717, 1.165) is 0 Å². The summed E-state index contributed by atoms with van der Waals surface area (Å²) >= 11 is 2.70. The summed E-state index contributed by atoms with van der Waals surface area (Å²) in [6, 6.07) is 0. The summed E-state index contributed by atoms with van der Waals surface area (Å²) in [6.07, 6.45) is 3.66. The molecule has 0 fully saturated rings. The van der Waals surface area contributed by atoms with Crippen LogP contribution in [0.4, 0.5) is 0 Å². The molecule has 15 heavy (non-hydrogen) atoms. The molecule has 0 aliphatic carbocycles. The van der Waals surface area contributed by atoms with Crippen molar-refractivity contribution < 1.29 is 28.3 Å². The van der Waals surface area contributed by atoms with Crippen molar-refractivity contribution in [3.05, 3.63) is 0 Å². The second-order valence-corrected chi connectivity index (χ2v) is 4.20. The maximum Gasteiger partial charge on any atom is 0.299 e. The number of nitrogens with two attached hydrogens (primary N) is 4. The van der Waals surface area contributed by atoms with E-state index in [2.05, 4.69) is 0 Å². The molecule has 0 aromatic heterocycles. The first kappa shape index (κ1) is 20.0. The van der Waals surface area contributed by atoms with E-state index in [9.17, 15) is 0 Å². The van der Waals surface area contributed by atoms with Gasteiger partial charge in [-0.15, -0.1) is 0 Å². The highest BCUT2D eigenvalue weighted by atomic mass is 32.3. The third kappa shape index (κ3) is 145. The molecule has 92 valence electrons. The standard InChI is InChI=1S/2C2H6N2S.H2O4S/c2*1-5-2(3)4;1-5(2,3)4/h2*1H3,(H3,3,4);(H2,1,2,3,4)/i2*2+2;. The van der Waals surface area contributed by atoms with E-state index in [0.29, 0.717) is 10.3 Å². The van der Waals surface area contributed by atoms with Crippen molar-refractivity contribution in [1.82, 2.24) is 0 Å². The van der Waals surface area contributed by atoms with Crippen molar-refractivity contribution in [3.63, 3.8) is 0 Å². The van der Waals surface area contributed by atoms with Gasteiger partial charge in [0.15, 0.2) is 0 Å². The zero-order valence-electron chi connectivity index (χ0n) is 8.17. The molecule has 0 saturated carbocycles. The van der Waals surface area contributed by atoms with Crippen LogP contribution in [0, 0.1) is 0 Å². The lowest BCUT2D eigenvalue weighted by molar-refractivity contribution is -0.110. The Morgan fingerprint density at radius 3 is 1.13 bits per heavy atom. The Balaban J connectivity index is -0.000000144. The van der Waals surface area contributed by atoms with Gasteiger partial charge in [-0.1, -0.05) is 0 Å². The molecule has 0 aromatic carbocycles. The van der Waals surface area contributed by atoms with Gasteiger partial charge in [-0.2, -0.15) is 0 Å². The van der Waals surface area contributed by atoms with Crippen LogP contribution in [0.5, 0.6) is 0 Å². The topological polar surface area (TPSA) is 183 Å². The molecule has 0 radical (unpaired) electrons. The minimum absolute atomic E-state index is 0.421. The van der Waals surface area contributed by atoms with Crippen LogP contribution in [0.3, 0.4) is 0 Å². The Morgan fingerprint density at radius 2 is 1.13 bits per heavy atom. The lowest BCUT2D eigenvalue weighted by Crippen LogP contribution is -2.42. The van der Waals surface area contributed by atoms with Crippen molar-refractivity contribution >= 4 is 44.3 Å². The van der Waals surface area contributed by atoms with Crippen molar-refractivity contribution in [2.24, 2.45) is 11.5 Å². The van der Waals surface area contributed by atoms with Crippen LogP contribution in [0.2, 0.25) is 0 Å². The minimum atomic E-state index is -5.17. The van der Waals surface area contributed by atoms with Gasteiger partial charge in [0, 0.05) is 10.4 Å².